The van der Waals surface area contributed by atoms with Crippen LogP contribution in [0.5, 0.6) is 0 Å². The Morgan fingerprint density at radius 2 is 2.43 bits per heavy atom. The lowest BCUT2D eigenvalue weighted by molar-refractivity contribution is 0.160. The number of aliphatic hydroxyl groups excluding tert-OH is 1. The molecular formula is C5H8O2. The van der Waals surface area contributed by atoms with Crippen molar-refractivity contribution < 1.29 is 9.84 Å². The summed E-state index contributed by atoms with van der Waals surface area (Å²) in [5.74, 6) is 0. The standard InChI is InChI=1S/C5H8O2/c1-2-7-5-3-4(5)6/h2,4-6H,1,3H2. The van der Waals surface area contributed by atoms with Gasteiger partial charge in [0.05, 0.1) is 12.4 Å². The Morgan fingerprint density at radius 1 is 1.86 bits per heavy atom. The molecule has 1 saturated carbocycles. The van der Waals surface area contributed by atoms with Crippen LogP contribution < -0.4 is 0 Å². The summed E-state index contributed by atoms with van der Waals surface area (Å²) in [5.41, 5.74) is 0. The minimum atomic E-state index is -0.224. The van der Waals surface area contributed by atoms with E-state index in [1.54, 1.807) is 0 Å². The Morgan fingerprint density at radius 3 is 2.57 bits per heavy atom. The number of ether oxygens (including phenoxy) is 1. The van der Waals surface area contributed by atoms with E-state index in [0.29, 0.717) is 0 Å². The van der Waals surface area contributed by atoms with E-state index in [0.717, 1.165) is 6.42 Å². The molecule has 0 saturated heterocycles. The largest absolute Gasteiger partial charge is 0.496 e. The first-order valence-corrected chi connectivity index (χ1v) is 2.29. The Balaban J connectivity index is 2.08. The van der Waals surface area contributed by atoms with Crippen LogP contribution in [0.15, 0.2) is 12.8 Å². The van der Waals surface area contributed by atoms with Gasteiger partial charge >= 0.3 is 0 Å². The molecule has 1 rings (SSSR count). The van der Waals surface area contributed by atoms with Gasteiger partial charge in [-0.15, -0.1) is 0 Å². The first kappa shape index (κ1) is 4.65. The highest BCUT2D eigenvalue weighted by molar-refractivity contribution is 4.88. The second-order valence-corrected chi connectivity index (χ2v) is 1.64. The van der Waals surface area contributed by atoms with E-state index in [1.807, 2.05) is 0 Å². The second kappa shape index (κ2) is 1.54. The maximum Gasteiger partial charge on any atom is 0.126 e. The Labute approximate surface area is 42.4 Å². The van der Waals surface area contributed by atoms with Crippen LogP contribution in [0.4, 0.5) is 0 Å². The summed E-state index contributed by atoms with van der Waals surface area (Å²) in [6, 6.07) is 0. The third-order valence-corrected chi connectivity index (χ3v) is 0.971. The average molecular weight is 100 g/mol. The molecule has 0 aromatic carbocycles. The third-order valence-electron chi connectivity index (χ3n) is 0.971. The van der Waals surface area contributed by atoms with E-state index < -0.39 is 0 Å². The monoisotopic (exact) mass is 100 g/mol. The topological polar surface area (TPSA) is 29.5 Å². The summed E-state index contributed by atoms with van der Waals surface area (Å²) in [6.07, 6.45) is 1.96. The molecule has 2 heteroatoms. The molecule has 40 valence electrons. The van der Waals surface area contributed by atoms with Gasteiger partial charge in [-0.1, -0.05) is 6.58 Å². The van der Waals surface area contributed by atoms with Crippen molar-refractivity contribution in [1.29, 1.82) is 0 Å². The average Bonchev–Trinajstić information content (AvgIpc) is 2.22. The van der Waals surface area contributed by atoms with Gasteiger partial charge in [0, 0.05) is 6.42 Å². The van der Waals surface area contributed by atoms with Gasteiger partial charge in [0.15, 0.2) is 0 Å². The van der Waals surface area contributed by atoms with Crippen molar-refractivity contribution >= 4 is 0 Å². The molecule has 0 aromatic rings. The Bertz CT molecular complexity index is 80.1. The van der Waals surface area contributed by atoms with E-state index in [4.69, 9.17) is 9.84 Å². The normalized spacial score (nSPS) is 37.3. The summed E-state index contributed by atoms with van der Waals surface area (Å²) in [7, 11) is 0. The van der Waals surface area contributed by atoms with E-state index in [9.17, 15) is 0 Å². The van der Waals surface area contributed by atoms with Gasteiger partial charge in [-0.25, -0.2) is 0 Å². The number of hydrogen-bond donors (Lipinski definition) is 1. The molecule has 0 aliphatic heterocycles. The van der Waals surface area contributed by atoms with Crippen LogP contribution >= 0.6 is 0 Å². The zero-order valence-corrected chi connectivity index (χ0v) is 4.00. The molecule has 7 heavy (non-hydrogen) atoms. The lowest BCUT2D eigenvalue weighted by Gasteiger charge is -1.90. The van der Waals surface area contributed by atoms with Crippen LogP contribution in [0.2, 0.25) is 0 Å². The van der Waals surface area contributed by atoms with E-state index >= 15 is 0 Å². The quantitative estimate of drug-likeness (QED) is 0.505. The zero-order chi connectivity index (χ0) is 5.28. The van der Waals surface area contributed by atoms with Crippen LogP contribution in [-0.4, -0.2) is 17.3 Å². The molecule has 2 atom stereocenters. The minimum Gasteiger partial charge on any atom is -0.496 e. The smallest absolute Gasteiger partial charge is 0.126 e. The maximum atomic E-state index is 8.58. The molecule has 2 unspecified atom stereocenters. The van der Waals surface area contributed by atoms with Gasteiger partial charge in [-0.05, 0) is 0 Å². The summed E-state index contributed by atoms with van der Waals surface area (Å²) in [6.45, 7) is 3.34. The molecular weight excluding hydrogens is 92.1 g/mol. The summed E-state index contributed by atoms with van der Waals surface area (Å²) in [5, 5.41) is 8.58. The first-order chi connectivity index (χ1) is 3.34. The molecule has 1 aliphatic rings. The van der Waals surface area contributed by atoms with Crippen molar-refractivity contribution in [1.82, 2.24) is 0 Å². The van der Waals surface area contributed by atoms with Gasteiger partial charge in [0.25, 0.3) is 0 Å². The molecule has 0 aromatic heterocycles. The van der Waals surface area contributed by atoms with Gasteiger partial charge in [0.2, 0.25) is 0 Å². The molecule has 0 amide bonds. The van der Waals surface area contributed by atoms with Gasteiger partial charge < -0.3 is 9.84 Å². The molecule has 1 aliphatic carbocycles. The van der Waals surface area contributed by atoms with E-state index in [-0.39, 0.29) is 12.2 Å². The number of hydrogen-bond acceptors (Lipinski definition) is 2. The highest BCUT2D eigenvalue weighted by Gasteiger charge is 2.36. The molecule has 2 nitrogen and oxygen atoms in total. The molecule has 1 N–H and O–H groups in total. The predicted molar refractivity (Wildman–Crippen MR) is 25.7 cm³/mol. The highest BCUT2D eigenvalue weighted by Crippen LogP contribution is 2.24. The Kier molecular flexibility index (Phi) is 1.02. The first-order valence-electron chi connectivity index (χ1n) is 2.29. The molecule has 0 bridgehead atoms. The van der Waals surface area contributed by atoms with Crippen molar-refractivity contribution in [2.75, 3.05) is 0 Å². The second-order valence-electron chi connectivity index (χ2n) is 1.64. The Hall–Kier alpha value is -0.500. The number of rotatable bonds is 2. The van der Waals surface area contributed by atoms with Crippen LogP contribution in [0.25, 0.3) is 0 Å². The van der Waals surface area contributed by atoms with E-state index in [1.165, 1.54) is 6.26 Å². The molecule has 1 fully saturated rings. The van der Waals surface area contributed by atoms with Gasteiger partial charge in [-0.3, -0.25) is 0 Å². The lowest BCUT2D eigenvalue weighted by atomic mass is 10.8. The molecule has 0 heterocycles. The fourth-order valence-electron chi connectivity index (χ4n) is 0.429. The van der Waals surface area contributed by atoms with Crippen molar-refractivity contribution in [3.8, 4) is 0 Å². The fraction of sp³-hybridized carbons (Fsp3) is 0.600. The van der Waals surface area contributed by atoms with E-state index in [2.05, 4.69) is 6.58 Å². The van der Waals surface area contributed by atoms with Crippen molar-refractivity contribution in [2.45, 2.75) is 18.6 Å². The third kappa shape index (κ3) is 0.933. The van der Waals surface area contributed by atoms with Gasteiger partial charge in [-0.2, -0.15) is 0 Å². The molecule has 0 radical (unpaired) electrons. The van der Waals surface area contributed by atoms with Gasteiger partial charge in [0.1, 0.15) is 6.10 Å². The minimum absolute atomic E-state index is 0.0532. The predicted octanol–water partition coefficient (Wildman–Crippen LogP) is 0.280. The lowest BCUT2D eigenvalue weighted by Crippen LogP contribution is -1.91. The highest BCUT2D eigenvalue weighted by atomic mass is 16.5. The summed E-state index contributed by atoms with van der Waals surface area (Å²) >= 11 is 0. The van der Waals surface area contributed by atoms with Crippen molar-refractivity contribution in [3.63, 3.8) is 0 Å². The SMILES string of the molecule is C=COC1CC1O. The zero-order valence-electron chi connectivity index (χ0n) is 4.00. The van der Waals surface area contributed by atoms with Crippen LogP contribution in [0.3, 0.4) is 0 Å². The maximum absolute atomic E-state index is 8.58. The summed E-state index contributed by atoms with van der Waals surface area (Å²) < 4.78 is 4.78. The number of aliphatic hydroxyl groups is 1. The van der Waals surface area contributed by atoms with Crippen LogP contribution in [-0.2, 0) is 4.74 Å². The van der Waals surface area contributed by atoms with Crippen LogP contribution in [0.1, 0.15) is 6.42 Å². The van der Waals surface area contributed by atoms with Crippen LogP contribution in [0, 0.1) is 0 Å². The van der Waals surface area contributed by atoms with Crippen molar-refractivity contribution in [3.05, 3.63) is 12.8 Å². The summed E-state index contributed by atoms with van der Waals surface area (Å²) in [4.78, 5) is 0. The fourth-order valence-corrected chi connectivity index (χ4v) is 0.429. The van der Waals surface area contributed by atoms with Crippen molar-refractivity contribution in [2.24, 2.45) is 0 Å². The molecule has 0 spiro atoms.